The Labute approximate surface area is 133 Å². The van der Waals surface area contributed by atoms with Gasteiger partial charge in [-0.25, -0.2) is 9.37 Å². The number of benzene rings is 2. The highest BCUT2D eigenvalue weighted by molar-refractivity contribution is 6.13. The number of nitrogens with zero attached hydrogens (tertiary/aromatic N) is 3. The standard InChI is InChI=1S/C16H8FN3O4/c1-7-2-4-10(17)12-13(7)18-15-14(21)9-6-8(20(23)24)3-5-11(9)19(15)16(12)22/h2-6H,1H3. The minimum atomic E-state index is -0.730. The molecule has 24 heavy (non-hydrogen) atoms. The minimum Gasteiger partial charge on any atom is -0.285 e. The molecule has 1 aliphatic rings. The Morgan fingerprint density at radius 1 is 1.21 bits per heavy atom. The van der Waals surface area contributed by atoms with E-state index in [4.69, 9.17) is 0 Å². The molecule has 0 saturated heterocycles. The van der Waals surface area contributed by atoms with E-state index in [9.17, 15) is 24.1 Å². The molecule has 0 amide bonds. The fourth-order valence-electron chi connectivity index (χ4n) is 2.89. The summed E-state index contributed by atoms with van der Waals surface area (Å²) < 4.78 is 15.1. The summed E-state index contributed by atoms with van der Waals surface area (Å²) in [5.74, 6) is -1.50. The average molecular weight is 325 g/mol. The van der Waals surface area contributed by atoms with Crippen molar-refractivity contribution in [2.75, 3.05) is 0 Å². The van der Waals surface area contributed by atoms with E-state index in [1.807, 2.05) is 0 Å². The van der Waals surface area contributed by atoms with Gasteiger partial charge in [0.05, 0.1) is 21.7 Å². The van der Waals surface area contributed by atoms with Crippen LogP contribution in [0.4, 0.5) is 10.1 Å². The fourth-order valence-corrected chi connectivity index (χ4v) is 2.89. The van der Waals surface area contributed by atoms with Gasteiger partial charge in [-0.15, -0.1) is 0 Å². The third-order valence-corrected chi connectivity index (χ3v) is 4.05. The van der Waals surface area contributed by atoms with Crippen molar-refractivity contribution in [3.63, 3.8) is 0 Å². The second kappa shape index (κ2) is 4.54. The topological polar surface area (TPSA) is 95.1 Å². The van der Waals surface area contributed by atoms with Crippen molar-refractivity contribution < 1.29 is 14.1 Å². The summed E-state index contributed by atoms with van der Waals surface area (Å²) in [6.07, 6.45) is 0. The van der Waals surface area contributed by atoms with Crippen LogP contribution in [0.1, 0.15) is 21.7 Å². The lowest BCUT2D eigenvalue weighted by atomic mass is 10.1. The molecule has 0 saturated carbocycles. The predicted octanol–water partition coefficient (Wildman–Crippen LogP) is 2.29. The van der Waals surface area contributed by atoms with Crippen molar-refractivity contribution in [2.45, 2.75) is 6.92 Å². The number of nitro benzene ring substituents is 1. The maximum Gasteiger partial charge on any atom is 0.270 e. The molecule has 0 bridgehead atoms. The van der Waals surface area contributed by atoms with E-state index in [2.05, 4.69) is 4.98 Å². The number of rotatable bonds is 1. The number of nitro groups is 1. The van der Waals surface area contributed by atoms with Gasteiger partial charge in [0, 0.05) is 12.1 Å². The Morgan fingerprint density at radius 3 is 2.67 bits per heavy atom. The molecular formula is C16H8FN3O4. The molecule has 7 nitrogen and oxygen atoms in total. The molecule has 0 unspecified atom stereocenters. The highest BCUT2D eigenvalue weighted by atomic mass is 19.1. The molecular weight excluding hydrogens is 317 g/mol. The van der Waals surface area contributed by atoms with E-state index >= 15 is 0 Å². The highest BCUT2D eigenvalue weighted by Gasteiger charge is 2.32. The predicted molar refractivity (Wildman–Crippen MR) is 82.1 cm³/mol. The zero-order valence-corrected chi connectivity index (χ0v) is 12.2. The number of ketones is 1. The Hall–Kier alpha value is -3.42. The summed E-state index contributed by atoms with van der Waals surface area (Å²) in [4.78, 5) is 39.6. The summed E-state index contributed by atoms with van der Waals surface area (Å²) in [6.45, 7) is 1.66. The molecule has 0 fully saturated rings. The van der Waals surface area contributed by atoms with Gasteiger partial charge in [-0.1, -0.05) is 6.07 Å². The largest absolute Gasteiger partial charge is 0.285 e. The van der Waals surface area contributed by atoms with E-state index in [-0.39, 0.29) is 33.7 Å². The van der Waals surface area contributed by atoms with Gasteiger partial charge >= 0.3 is 0 Å². The van der Waals surface area contributed by atoms with Gasteiger partial charge in [-0.3, -0.25) is 24.3 Å². The number of hydrogen-bond donors (Lipinski definition) is 0. The van der Waals surface area contributed by atoms with Crippen LogP contribution in [0, 0.1) is 22.9 Å². The molecule has 118 valence electrons. The first kappa shape index (κ1) is 14.2. The van der Waals surface area contributed by atoms with Crippen LogP contribution in [0.2, 0.25) is 0 Å². The van der Waals surface area contributed by atoms with Crippen LogP contribution in [0.3, 0.4) is 0 Å². The number of aromatic nitrogens is 2. The Bertz CT molecular complexity index is 1150. The van der Waals surface area contributed by atoms with Crippen LogP contribution in [-0.2, 0) is 0 Å². The third-order valence-electron chi connectivity index (χ3n) is 4.05. The van der Waals surface area contributed by atoms with Crippen molar-refractivity contribution >= 4 is 22.4 Å². The molecule has 0 N–H and O–H groups in total. The quantitative estimate of drug-likeness (QED) is 0.395. The summed E-state index contributed by atoms with van der Waals surface area (Å²) in [6, 6.07) is 6.22. The van der Waals surface area contributed by atoms with Gasteiger partial charge in [0.25, 0.3) is 11.2 Å². The van der Waals surface area contributed by atoms with Crippen molar-refractivity contribution in [3.05, 3.63) is 73.6 Å². The summed E-state index contributed by atoms with van der Waals surface area (Å²) >= 11 is 0. The maximum absolute atomic E-state index is 14.1. The van der Waals surface area contributed by atoms with Crippen LogP contribution in [0.5, 0.6) is 0 Å². The summed E-state index contributed by atoms with van der Waals surface area (Å²) in [5.41, 5.74) is -0.140. The molecule has 3 aromatic rings. The van der Waals surface area contributed by atoms with Crippen LogP contribution in [0.15, 0.2) is 35.1 Å². The van der Waals surface area contributed by atoms with E-state index in [1.54, 1.807) is 6.92 Å². The fraction of sp³-hybridized carbons (Fsp3) is 0.0625. The van der Waals surface area contributed by atoms with E-state index < -0.39 is 22.1 Å². The van der Waals surface area contributed by atoms with Gasteiger partial charge in [-0.2, -0.15) is 0 Å². The second-order valence-electron chi connectivity index (χ2n) is 5.45. The number of non-ortho nitro benzene ring substituents is 1. The molecule has 8 heteroatoms. The zero-order chi connectivity index (χ0) is 17.2. The van der Waals surface area contributed by atoms with Crippen LogP contribution in [0.25, 0.3) is 16.6 Å². The Balaban J connectivity index is 2.14. The second-order valence-corrected chi connectivity index (χ2v) is 5.45. The lowest BCUT2D eigenvalue weighted by Crippen LogP contribution is -2.22. The van der Waals surface area contributed by atoms with E-state index in [1.165, 1.54) is 24.3 Å². The highest BCUT2D eigenvalue weighted by Crippen LogP contribution is 2.30. The van der Waals surface area contributed by atoms with Crippen LogP contribution in [-0.4, -0.2) is 20.3 Å². The van der Waals surface area contributed by atoms with Gasteiger partial charge in [-0.05, 0) is 24.6 Å². The van der Waals surface area contributed by atoms with Gasteiger partial charge in [0.15, 0.2) is 5.82 Å². The molecule has 2 aromatic carbocycles. The molecule has 0 radical (unpaired) electrons. The SMILES string of the molecule is Cc1ccc(F)c2c(=O)n3c(nc12)C(=O)c1cc([N+](=O)[O-])ccc1-3. The summed E-state index contributed by atoms with van der Waals surface area (Å²) in [5, 5.41) is 10.7. The Morgan fingerprint density at radius 2 is 1.96 bits per heavy atom. The average Bonchev–Trinajstić information content (AvgIpc) is 2.84. The van der Waals surface area contributed by atoms with Gasteiger partial charge in [0.2, 0.25) is 5.78 Å². The zero-order valence-electron chi connectivity index (χ0n) is 12.2. The number of fused-ring (bicyclic) bond motifs is 4. The van der Waals surface area contributed by atoms with Gasteiger partial charge < -0.3 is 0 Å². The first-order chi connectivity index (χ1) is 11.4. The molecule has 0 atom stereocenters. The molecule has 0 aliphatic carbocycles. The normalized spacial score (nSPS) is 12.3. The van der Waals surface area contributed by atoms with Crippen molar-refractivity contribution in [2.24, 2.45) is 0 Å². The van der Waals surface area contributed by atoms with E-state index in [0.29, 0.717) is 5.56 Å². The molecule has 4 rings (SSSR count). The first-order valence-corrected chi connectivity index (χ1v) is 6.95. The van der Waals surface area contributed by atoms with Crippen molar-refractivity contribution in [3.8, 4) is 5.69 Å². The monoisotopic (exact) mass is 325 g/mol. The number of carbonyl (C=O) groups is 1. The lowest BCUT2D eigenvalue weighted by Gasteiger charge is -2.07. The first-order valence-electron chi connectivity index (χ1n) is 6.95. The number of halogens is 1. The number of hydrogen-bond acceptors (Lipinski definition) is 5. The third kappa shape index (κ3) is 1.67. The smallest absolute Gasteiger partial charge is 0.270 e. The molecule has 1 aliphatic heterocycles. The maximum atomic E-state index is 14.1. The molecule has 2 heterocycles. The van der Waals surface area contributed by atoms with Crippen LogP contribution < -0.4 is 5.56 Å². The van der Waals surface area contributed by atoms with Crippen molar-refractivity contribution in [1.82, 2.24) is 9.55 Å². The van der Waals surface area contributed by atoms with Crippen molar-refractivity contribution in [1.29, 1.82) is 0 Å². The number of carbonyl (C=O) groups excluding carboxylic acids is 1. The molecule has 1 aromatic heterocycles. The van der Waals surface area contributed by atoms with Gasteiger partial charge in [0.1, 0.15) is 11.2 Å². The van der Waals surface area contributed by atoms with E-state index in [0.717, 1.165) is 10.6 Å². The molecule has 0 spiro atoms. The number of aryl methyl sites for hydroxylation is 1. The lowest BCUT2D eigenvalue weighted by molar-refractivity contribution is -0.384. The summed E-state index contributed by atoms with van der Waals surface area (Å²) in [7, 11) is 0. The minimum absolute atomic E-state index is 0.00201. The Kier molecular flexibility index (Phi) is 2.69. The van der Waals surface area contributed by atoms with Crippen LogP contribution >= 0.6 is 0 Å².